The fraction of sp³-hybridized carbons (Fsp3) is 0.250. The molecule has 7 nitrogen and oxygen atoms in total. The molecule has 2 aromatic carbocycles. The first-order valence-electron chi connectivity index (χ1n) is 9.23. The smallest absolute Gasteiger partial charge is 0.341 e. The fourth-order valence-electron chi connectivity index (χ4n) is 3.64. The molecule has 0 radical (unpaired) electrons. The highest BCUT2D eigenvalue weighted by Gasteiger charge is 2.39. The van der Waals surface area contributed by atoms with Crippen molar-refractivity contribution < 1.29 is 18.3 Å². The van der Waals surface area contributed by atoms with Crippen LogP contribution in [0.25, 0.3) is 10.9 Å². The van der Waals surface area contributed by atoms with Crippen LogP contribution in [-0.4, -0.2) is 51.5 Å². The van der Waals surface area contributed by atoms with Crippen molar-refractivity contribution in [3.8, 4) is 5.75 Å². The topological polar surface area (TPSA) is 73.8 Å². The van der Waals surface area contributed by atoms with Gasteiger partial charge in [0.25, 0.3) is 0 Å². The summed E-state index contributed by atoms with van der Waals surface area (Å²) in [6.45, 7) is 0.826. The van der Waals surface area contributed by atoms with Crippen LogP contribution in [0, 0.1) is 11.6 Å². The van der Waals surface area contributed by atoms with Crippen molar-refractivity contribution in [3.63, 3.8) is 0 Å². The maximum atomic E-state index is 13.6. The van der Waals surface area contributed by atoms with Crippen LogP contribution in [0.1, 0.15) is 18.0 Å². The number of rotatable bonds is 3. The van der Waals surface area contributed by atoms with Gasteiger partial charge in [0.2, 0.25) is 0 Å². The Bertz CT molecular complexity index is 1090. The number of hydrogen-bond donors (Lipinski definition) is 1. The highest BCUT2D eigenvalue weighted by Crippen LogP contribution is 2.31. The number of likely N-dealkylation sites (tertiary alicyclic amines) is 1. The van der Waals surface area contributed by atoms with E-state index in [1.165, 1.54) is 17.1 Å². The van der Waals surface area contributed by atoms with Crippen molar-refractivity contribution in [3.05, 3.63) is 59.8 Å². The van der Waals surface area contributed by atoms with Crippen molar-refractivity contribution >= 4 is 23.1 Å². The van der Waals surface area contributed by atoms with Crippen LogP contribution in [0.5, 0.6) is 5.75 Å². The molecule has 3 aromatic rings. The number of benzene rings is 2. The lowest BCUT2D eigenvalue weighted by atomic mass is 10.0. The predicted octanol–water partition coefficient (Wildman–Crippen LogP) is 3.46. The number of amides is 2. The molecule has 148 valence electrons. The number of urea groups is 1. The number of halogens is 2. The number of nitrogens with one attached hydrogen (secondary N) is 1. The Morgan fingerprint density at radius 1 is 1.14 bits per heavy atom. The number of aromatic amines is 1. The molecule has 0 aliphatic carbocycles. The van der Waals surface area contributed by atoms with Crippen LogP contribution in [0.4, 0.5) is 13.6 Å². The van der Waals surface area contributed by atoms with E-state index in [0.717, 1.165) is 17.0 Å². The van der Waals surface area contributed by atoms with Crippen LogP contribution >= 0.6 is 0 Å². The van der Waals surface area contributed by atoms with Gasteiger partial charge in [-0.05, 0) is 29.8 Å². The van der Waals surface area contributed by atoms with E-state index in [4.69, 9.17) is 4.74 Å². The number of carbonyl (C=O) groups is 1. The lowest BCUT2D eigenvalue weighted by molar-refractivity contribution is 0.0278. The van der Waals surface area contributed by atoms with E-state index < -0.39 is 17.7 Å². The molecule has 1 saturated heterocycles. The molecule has 1 fully saturated rings. The van der Waals surface area contributed by atoms with Gasteiger partial charge in [0.15, 0.2) is 0 Å². The minimum Gasteiger partial charge on any atom is -0.487 e. The minimum atomic E-state index is -0.675. The van der Waals surface area contributed by atoms with E-state index >= 15 is 0 Å². The van der Waals surface area contributed by atoms with Gasteiger partial charge in [0, 0.05) is 30.2 Å². The predicted molar refractivity (Wildman–Crippen MR) is 102 cm³/mol. The summed E-state index contributed by atoms with van der Waals surface area (Å²) in [5.74, 6) is -0.650. The molecule has 1 aromatic heterocycles. The molecule has 0 spiro atoms. The van der Waals surface area contributed by atoms with Crippen molar-refractivity contribution in [1.82, 2.24) is 20.1 Å². The average Bonchev–Trinajstić information content (AvgIpc) is 3.31. The third-order valence-electron chi connectivity index (χ3n) is 5.13. The summed E-state index contributed by atoms with van der Waals surface area (Å²) in [5, 5.41) is 13.3. The van der Waals surface area contributed by atoms with Gasteiger partial charge in [-0.1, -0.05) is 0 Å². The molecule has 1 N–H and O–H groups in total. The zero-order valence-electron chi connectivity index (χ0n) is 15.3. The highest BCUT2D eigenvalue weighted by molar-refractivity contribution is 5.80. The SMILES string of the molecule is O=C(N1CC(Oc2ccc3cn[nH]c3c2)C1)N1N=CCC1c1cc(F)cc(F)c1. The maximum Gasteiger partial charge on any atom is 0.341 e. The third-order valence-corrected chi connectivity index (χ3v) is 5.13. The molecule has 2 aliphatic rings. The zero-order chi connectivity index (χ0) is 20.0. The molecule has 3 heterocycles. The second kappa shape index (κ2) is 6.84. The quantitative estimate of drug-likeness (QED) is 0.736. The molecule has 2 aliphatic heterocycles. The number of hydrazone groups is 1. The molecule has 1 atom stereocenters. The molecular formula is C20H17F2N5O2. The van der Waals surface area contributed by atoms with Crippen molar-refractivity contribution in [2.24, 2.45) is 5.10 Å². The molecular weight excluding hydrogens is 380 g/mol. The van der Waals surface area contributed by atoms with Gasteiger partial charge in [-0.3, -0.25) is 5.10 Å². The number of nitrogens with zero attached hydrogens (tertiary/aromatic N) is 4. The summed E-state index contributed by atoms with van der Waals surface area (Å²) >= 11 is 0. The van der Waals surface area contributed by atoms with Crippen LogP contribution in [0.3, 0.4) is 0 Å². The van der Waals surface area contributed by atoms with E-state index in [2.05, 4.69) is 15.3 Å². The standard InChI is InChI=1S/C20H17F2N5O2/c21-14-5-13(6-15(22)7-14)19-3-4-24-27(19)20(28)26-10-17(11-26)29-16-2-1-12-9-23-25-18(12)8-16/h1-2,4-9,17,19H,3,10-11H2,(H,23,25). The number of ether oxygens (including phenoxy) is 1. The summed E-state index contributed by atoms with van der Waals surface area (Å²) in [6.07, 6.45) is 3.60. The Balaban J connectivity index is 1.23. The fourth-order valence-corrected chi connectivity index (χ4v) is 3.64. The van der Waals surface area contributed by atoms with E-state index in [9.17, 15) is 13.6 Å². The molecule has 1 unspecified atom stereocenters. The summed E-state index contributed by atoms with van der Waals surface area (Å²) < 4.78 is 33.0. The Hall–Kier alpha value is -3.49. The van der Waals surface area contributed by atoms with E-state index in [1.807, 2.05) is 18.2 Å². The maximum absolute atomic E-state index is 13.6. The Labute approximate surface area is 164 Å². The average molecular weight is 397 g/mol. The lowest BCUT2D eigenvalue weighted by Gasteiger charge is -2.41. The first-order chi connectivity index (χ1) is 14.1. The van der Waals surface area contributed by atoms with Crippen LogP contribution in [-0.2, 0) is 0 Å². The number of hydrogen-bond acceptors (Lipinski definition) is 4. The monoisotopic (exact) mass is 397 g/mol. The zero-order valence-corrected chi connectivity index (χ0v) is 15.3. The second-order valence-electron chi connectivity index (χ2n) is 7.14. The molecule has 9 heteroatoms. The van der Waals surface area contributed by atoms with Gasteiger partial charge in [0.1, 0.15) is 23.5 Å². The molecule has 0 saturated carbocycles. The van der Waals surface area contributed by atoms with Gasteiger partial charge >= 0.3 is 6.03 Å². The second-order valence-corrected chi connectivity index (χ2v) is 7.14. The van der Waals surface area contributed by atoms with Crippen LogP contribution < -0.4 is 4.74 Å². The van der Waals surface area contributed by atoms with Gasteiger partial charge in [-0.2, -0.15) is 10.2 Å². The first kappa shape index (κ1) is 17.6. The summed E-state index contributed by atoms with van der Waals surface area (Å²) in [4.78, 5) is 14.4. The minimum absolute atomic E-state index is 0.129. The van der Waals surface area contributed by atoms with Crippen molar-refractivity contribution in [2.45, 2.75) is 18.6 Å². The summed E-state index contributed by atoms with van der Waals surface area (Å²) in [7, 11) is 0. The first-order valence-corrected chi connectivity index (χ1v) is 9.23. The molecule has 2 amide bonds. The van der Waals surface area contributed by atoms with Crippen LogP contribution in [0.15, 0.2) is 47.7 Å². The van der Waals surface area contributed by atoms with E-state index in [0.29, 0.717) is 30.8 Å². The lowest BCUT2D eigenvalue weighted by Crippen LogP contribution is -2.58. The summed E-state index contributed by atoms with van der Waals surface area (Å²) in [6, 6.07) is 8.09. The Morgan fingerprint density at radius 2 is 1.93 bits per heavy atom. The van der Waals surface area contributed by atoms with Crippen LogP contribution in [0.2, 0.25) is 0 Å². The molecule has 0 bridgehead atoms. The number of aromatic nitrogens is 2. The molecule has 29 heavy (non-hydrogen) atoms. The van der Waals surface area contributed by atoms with Crippen molar-refractivity contribution in [1.29, 1.82) is 0 Å². The highest BCUT2D eigenvalue weighted by atomic mass is 19.1. The van der Waals surface area contributed by atoms with Gasteiger partial charge in [0.05, 0.1) is 30.8 Å². The van der Waals surface area contributed by atoms with Gasteiger partial charge in [-0.25, -0.2) is 18.6 Å². The van der Waals surface area contributed by atoms with Crippen molar-refractivity contribution in [2.75, 3.05) is 13.1 Å². The Morgan fingerprint density at radius 3 is 2.72 bits per heavy atom. The largest absolute Gasteiger partial charge is 0.487 e. The summed E-state index contributed by atoms with van der Waals surface area (Å²) in [5.41, 5.74) is 1.26. The number of carbonyl (C=O) groups excluding carboxylic acids is 1. The number of fused-ring (bicyclic) bond motifs is 1. The van der Waals surface area contributed by atoms with Gasteiger partial charge < -0.3 is 9.64 Å². The normalized spacial score (nSPS) is 19.0. The van der Waals surface area contributed by atoms with E-state index in [-0.39, 0.29) is 12.1 Å². The van der Waals surface area contributed by atoms with E-state index in [1.54, 1.807) is 17.3 Å². The third kappa shape index (κ3) is 3.28. The molecule has 5 rings (SSSR count). The Kier molecular flexibility index (Phi) is 4.15. The number of H-pyrrole nitrogens is 1. The van der Waals surface area contributed by atoms with Gasteiger partial charge in [-0.15, -0.1) is 0 Å².